The highest BCUT2D eigenvalue weighted by Crippen LogP contribution is 2.30. The highest BCUT2D eigenvalue weighted by atomic mass is 16.5. The molecule has 0 aromatic carbocycles. The van der Waals surface area contributed by atoms with E-state index in [2.05, 4.69) is 0 Å². The van der Waals surface area contributed by atoms with Gasteiger partial charge in [0.05, 0.1) is 13.2 Å². The first-order valence-corrected chi connectivity index (χ1v) is 9.92. The average molecular weight is 376 g/mol. The fourth-order valence-electron chi connectivity index (χ4n) is 3.67. The number of aromatic nitrogens is 1. The van der Waals surface area contributed by atoms with Crippen LogP contribution in [0.2, 0.25) is 0 Å². The van der Waals surface area contributed by atoms with E-state index in [9.17, 15) is 14.4 Å². The summed E-state index contributed by atoms with van der Waals surface area (Å²) in [6, 6.07) is 0.179. The molecule has 0 atom stereocenters. The molecule has 0 saturated heterocycles. The monoisotopic (exact) mass is 376 g/mol. The van der Waals surface area contributed by atoms with Gasteiger partial charge in [0.1, 0.15) is 5.69 Å². The summed E-state index contributed by atoms with van der Waals surface area (Å²) in [6.45, 7) is 12.3. The van der Waals surface area contributed by atoms with Crippen molar-refractivity contribution >= 4 is 17.7 Å². The van der Waals surface area contributed by atoms with Crippen molar-refractivity contribution in [2.24, 2.45) is 5.92 Å². The zero-order valence-corrected chi connectivity index (χ0v) is 17.4. The van der Waals surface area contributed by atoms with Crippen LogP contribution in [0.25, 0.3) is 0 Å². The Morgan fingerprint density at radius 2 is 1.81 bits per heavy atom. The maximum Gasteiger partial charge on any atom is 0.355 e. The third-order valence-electron chi connectivity index (χ3n) is 5.04. The van der Waals surface area contributed by atoms with E-state index in [1.165, 1.54) is 0 Å². The highest BCUT2D eigenvalue weighted by molar-refractivity contribution is 6.04. The summed E-state index contributed by atoms with van der Waals surface area (Å²) in [7, 11) is 0. The number of carbonyl (C=O) groups excluding carboxylic acids is 3. The molecule has 2 rings (SSSR count). The largest absolute Gasteiger partial charge is 0.461 e. The first-order chi connectivity index (χ1) is 12.7. The van der Waals surface area contributed by atoms with Crippen LogP contribution in [0.3, 0.4) is 0 Å². The molecule has 0 radical (unpaired) electrons. The van der Waals surface area contributed by atoms with Crippen LogP contribution in [0.4, 0.5) is 0 Å². The number of amides is 1. The second kappa shape index (κ2) is 8.72. The highest BCUT2D eigenvalue weighted by Gasteiger charge is 2.35. The Balaban J connectivity index is 2.32. The molecule has 0 unspecified atom stereocenters. The number of hydrogen-bond acceptors (Lipinski definition) is 4. The molecule has 1 saturated carbocycles. The fourth-order valence-corrected chi connectivity index (χ4v) is 3.67. The number of ketones is 1. The van der Waals surface area contributed by atoms with Crippen molar-refractivity contribution in [3.05, 3.63) is 22.5 Å². The first kappa shape index (κ1) is 21.2. The van der Waals surface area contributed by atoms with Crippen molar-refractivity contribution in [2.75, 3.05) is 13.2 Å². The van der Waals surface area contributed by atoms with Crippen molar-refractivity contribution in [3.63, 3.8) is 0 Å². The van der Waals surface area contributed by atoms with Crippen molar-refractivity contribution in [1.82, 2.24) is 9.47 Å². The Morgan fingerprint density at radius 1 is 1.19 bits per heavy atom. The third kappa shape index (κ3) is 4.60. The molecule has 0 aliphatic heterocycles. The number of ether oxygens (including phenoxy) is 1. The van der Waals surface area contributed by atoms with Gasteiger partial charge < -0.3 is 14.2 Å². The molecule has 6 nitrogen and oxygen atoms in total. The van der Waals surface area contributed by atoms with E-state index in [4.69, 9.17) is 4.74 Å². The summed E-state index contributed by atoms with van der Waals surface area (Å²) in [5.41, 5.74) is 2.38. The van der Waals surface area contributed by atoms with Crippen LogP contribution in [0, 0.1) is 19.8 Å². The Bertz CT molecular complexity index is 729. The molecule has 27 heavy (non-hydrogen) atoms. The molecule has 0 N–H and O–H groups in total. The minimum atomic E-state index is -0.408. The van der Waals surface area contributed by atoms with Gasteiger partial charge in [-0.1, -0.05) is 13.8 Å². The maximum absolute atomic E-state index is 13.1. The second-order valence-corrected chi connectivity index (χ2v) is 7.67. The number of nitrogens with zero attached hydrogens (tertiary/aromatic N) is 2. The van der Waals surface area contributed by atoms with Gasteiger partial charge in [-0.2, -0.15) is 0 Å². The zero-order valence-electron chi connectivity index (χ0n) is 17.4. The van der Waals surface area contributed by atoms with E-state index >= 15 is 0 Å². The van der Waals surface area contributed by atoms with E-state index in [0.29, 0.717) is 29.8 Å². The summed E-state index contributed by atoms with van der Waals surface area (Å²) in [6.07, 6.45) is 2.37. The molecule has 6 heteroatoms. The van der Waals surface area contributed by atoms with Crippen LogP contribution in [0.5, 0.6) is 0 Å². The van der Waals surface area contributed by atoms with Gasteiger partial charge in [0.15, 0.2) is 5.78 Å². The molecule has 0 bridgehead atoms. The van der Waals surface area contributed by atoms with Crippen LogP contribution < -0.4 is 0 Å². The quantitative estimate of drug-likeness (QED) is 0.488. The summed E-state index contributed by atoms with van der Waals surface area (Å²) in [5.74, 6) is -0.216. The van der Waals surface area contributed by atoms with Gasteiger partial charge in [-0.05, 0) is 52.0 Å². The third-order valence-corrected chi connectivity index (χ3v) is 5.04. The Hall–Kier alpha value is -2.11. The van der Waals surface area contributed by atoms with Gasteiger partial charge in [0, 0.05) is 30.3 Å². The van der Waals surface area contributed by atoms with Crippen molar-refractivity contribution < 1.29 is 19.1 Å². The van der Waals surface area contributed by atoms with Crippen LogP contribution in [-0.2, 0) is 16.1 Å². The molecule has 1 aromatic rings. The lowest BCUT2D eigenvalue weighted by Gasteiger charge is -2.23. The number of Topliss-reactive ketones (excluding diaryl/α,β-unsaturated/α-hetero) is 1. The number of carbonyl (C=O) groups is 3. The van der Waals surface area contributed by atoms with Crippen molar-refractivity contribution in [3.8, 4) is 0 Å². The number of rotatable bonds is 9. The zero-order chi connectivity index (χ0) is 20.3. The van der Waals surface area contributed by atoms with Gasteiger partial charge in [-0.3, -0.25) is 9.59 Å². The van der Waals surface area contributed by atoms with Gasteiger partial charge in [-0.15, -0.1) is 0 Å². The molecule has 1 amide bonds. The minimum Gasteiger partial charge on any atom is -0.461 e. The van der Waals surface area contributed by atoms with Crippen molar-refractivity contribution in [1.29, 1.82) is 0 Å². The lowest BCUT2D eigenvalue weighted by Crippen LogP contribution is -2.38. The second-order valence-electron chi connectivity index (χ2n) is 7.67. The SMILES string of the molecule is CCOC(=O)c1c(C)c(C(=O)CN(C(=O)CC(C)C)C2CC2)c(C)n1CC. The fraction of sp³-hybridized carbons (Fsp3) is 0.667. The normalized spacial score (nSPS) is 13.7. The summed E-state index contributed by atoms with van der Waals surface area (Å²) in [5, 5.41) is 0. The van der Waals surface area contributed by atoms with Crippen LogP contribution in [0.15, 0.2) is 0 Å². The maximum atomic E-state index is 13.1. The van der Waals surface area contributed by atoms with Crippen LogP contribution in [0.1, 0.15) is 79.1 Å². The molecule has 1 fully saturated rings. The van der Waals surface area contributed by atoms with E-state index < -0.39 is 5.97 Å². The van der Waals surface area contributed by atoms with E-state index in [1.54, 1.807) is 18.7 Å². The van der Waals surface area contributed by atoms with Gasteiger partial charge in [0.25, 0.3) is 0 Å². The Morgan fingerprint density at radius 3 is 2.30 bits per heavy atom. The molecule has 1 aliphatic carbocycles. The molecule has 150 valence electrons. The lowest BCUT2D eigenvalue weighted by molar-refractivity contribution is -0.132. The molecule has 1 aliphatic rings. The predicted molar refractivity (Wildman–Crippen MR) is 104 cm³/mol. The Kier molecular flexibility index (Phi) is 6.84. The smallest absolute Gasteiger partial charge is 0.355 e. The lowest BCUT2D eigenvalue weighted by atomic mass is 10.0. The van der Waals surface area contributed by atoms with Crippen LogP contribution in [-0.4, -0.2) is 46.3 Å². The molecule has 1 aromatic heterocycles. The molecular weight excluding hydrogens is 344 g/mol. The number of esters is 1. The molecule has 0 spiro atoms. The summed E-state index contributed by atoms with van der Waals surface area (Å²) < 4.78 is 7.01. The standard InChI is InChI=1S/C21H32N2O4/c1-7-22-15(6)19(14(5)20(22)21(26)27-8-2)17(24)12-23(16-9-10-16)18(25)11-13(3)4/h13,16H,7-12H2,1-6H3. The van der Waals surface area contributed by atoms with E-state index in [-0.39, 0.29) is 36.8 Å². The minimum absolute atomic E-state index is 0.0386. The van der Waals surface area contributed by atoms with Crippen molar-refractivity contribution in [2.45, 2.75) is 73.4 Å². The topological polar surface area (TPSA) is 68.6 Å². The van der Waals surface area contributed by atoms with Gasteiger partial charge in [-0.25, -0.2) is 4.79 Å². The molecular formula is C21H32N2O4. The van der Waals surface area contributed by atoms with Gasteiger partial charge >= 0.3 is 5.97 Å². The van der Waals surface area contributed by atoms with Crippen LogP contribution >= 0.6 is 0 Å². The average Bonchev–Trinajstić information content (AvgIpc) is 3.37. The Labute approximate surface area is 161 Å². The summed E-state index contributed by atoms with van der Waals surface area (Å²) >= 11 is 0. The number of hydrogen-bond donors (Lipinski definition) is 0. The predicted octanol–water partition coefficient (Wildman–Crippen LogP) is 3.52. The first-order valence-electron chi connectivity index (χ1n) is 9.92. The van der Waals surface area contributed by atoms with Gasteiger partial charge in [0.2, 0.25) is 5.91 Å². The summed E-state index contributed by atoms with van der Waals surface area (Å²) in [4.78, 5) is 39.8. The van der Waals surface area contributed by atoms with E-state index in [1.807, 2.05) is 32.3 Å². The van der Waals surface area contributed by atoms with E-state index in [0.717, 1.165) is 18.5 Å². The molecule has 1 heterocycles.